The van der Waals surface area contributed by atoms with E-state index < -0.39 is 6.10 Å². The van der Waals surface area contributed by atoms with Crippen LogP contribution in [0.15, 0.2) is 60.7 Å². The average molecular weight is 379 g/mol. The van der Waals surface area contributed by atoms with E-state index in [1.54, 1.807) is 14.2 Å². The highest BCUT2D eigenvalue weighted by molar-refractivity contribution is 5.89. The van der Waals surface area contributed by atoms with Crippen molar-refractivity contribution in [1.82, 2.24) is 5.32 Å². The van der Waals surface area contributed by atoms with E-state index in [1.165, 1.54) is 0 Å². The van der Waals surface area contributed by atoms with Crippen LogP contribution in [0.25, 0.3) is 10.8 Å². The zero-order valence-corrected chi connectivity index (χ0v) is 16.4. The number of rotatable bonds is 8. The Bertz CT molecular complexity index is 949. The summed E-state index contributed by atoms with van der Waals surface area (Å²) in [7, 11) is 3.18. The van der Waals surface area contributed by atoms with Crippen molar-refractivity contribution in [2.45, 2.75) is 26.0 Å². The minimum Gasteiger partial charge on any atom is -0.493 e. The smallest absolute Gasteiger partial charge is 0.261 e. The largest absolute Gasteiger partial charge is 0.493 e. The molecule has 146 valence electrons. The van der Waals surface area contributed by atoms with Gasteiger partial charge >= 0.3 is 0 Å². The molecule has 5 nitrogen and oxygen atoms in total. The highest BCUT2D eigenvalue weighted by atomic mass is 16.5. The predicted octanol–water partition coefficient (Wildman–Crippen LogP) is 4.33. The van der Waals surface area contributed by atoms with Gasteiger partial charge in [-0.05, 0) is 35.6 Å². The van der Waals surface area contributed by atoms with Gasteiger partial charge in [0.1, 0.15) is 5.75 Å². The van der Waals surface area contributed by atoms with Crippen molar-refractivity contribution in [3.63, 3.8) is 0 Å². The van der Waals surface area contributed by atoms with Crippen molar-refractivity contribution in [1.29, 1.82) is 0 Å². The van der Waals surface area contributed by atoms with Crippen LogP contribution in [0.5, 0.6) is 17.2 Å². The van der Waals surface area contributed by atoms with Crippen LogP contribution in [0.4, 0.5) is 0 Å². The second kappa shape index (κ2) is 9.13. The highest BCUT2D eigenvalue weighted by Gasteiger charge is 2.19. The van der Waals surface area contributed by atoms with Crippen LogP contribution in [-0.4, -0.2) is 26.2 Å². The van der Waals surface area contributed by atoms with Gasteiger partial charge < -0.3 is 19.5 Å². The lowest BCUT2D eigenvalue weighted by molar-refractivity contribution is -0.128. The molecule has 0 aliphatic carbocycles. The van der Waals surface area contributed by atoms with Crippen LogP contribution in [0.1, 0.15) is 18.9 Å². The summed E-state index contributed by atoms with van der Waals surface area (Å²) in [6.07, 6.45) is 0.00649. The number of hydrogen-bond acceptors (Lipinski definition) is 4. The van der Waals surface area contributed by atoms with E-state index in [2.05, 4.69) is 5.32 Å². The Morgan fingerprint density at radius 2 is 1.68 bits per heavy atom. The van der Waals surface area contributed by atoms with Crippen molar-refractivity contribution < 1.29 is 19.0 Å². The van der Waals surface area contributed by atoms with Crippen molar-refractivity contribution >= 4 is 16.7 Å². The summed E-state index contributed by atoms with van der Waals surface area (Å²) < 4.78 is 16.6. The van der Waals surface area contributed by atoms with Crippen molar-refractivity contribution in [2.75, 3.05) is 14.2 Å². The fourth-order valence-corrected chi connectivity index (χ4v) is 3.07. The number of fused-ring (bicyclic) bond motifs is 1. The SMILES string of the molecule is CC[C@H](Oc1cccc2ccccc12)C(=O)NCc1ccc(OC)c(OC)c1. The van der Waals surface area contributed by atoms with Gasteiger partial charge in [-0.2, -0.15) is 0 Å². The molecule has 0 bridgehead atoms. The molecular formula is C23H25NO4. The van der Waals surface area contributed by atoms with Gasteiger partial charge in [0.15, 0.2) is 17.6 Å². The van der Waals surface area contributed by atoms with Crippen LogP contribution in [-0.2, 0) is 11.3 Å². The first-order valence-electron chi connectivity index (χ1n) is 9.29. The number of methoxy groups -OCH3 is 2. The van der Waals surface area contributed by atoms with E-state index in [9.17, 15) is 4.79 Å². The molecule has 3 aromatic carbocycles. The summed E-state index contributed by atoms with van der Waals surface area (Å²) in [4.78, 5) is 12.7. The second-order valence-corrected chi connectivity index (χ2v) is 6.40. The average Bonchev–Trinajstić information content (AvgIpc) is 2.75. The molecule has 0 saturated heterocycles. The quantitative estimate of drug-likeness (QED) is 0.633. The zero-order chi connectivity index (χ0) is 19.9. The minimum atomic E-state index is -0.564. The molecule has 28 heavy (non-hydrogen) atoms. The van der Waals surface area contributed by atoms with Crippen LogP contribution in [0, 0.1) is 0 Å². The second-order valence-electron chi connectivity index (χ2n) is 6.40. The highest BCUT2D eigenvalue weighted by Crippen LogP contribution is 2.28. The lowest BCUT2D eigenvalue weighted by atomic mass is 10.1. The Hall–Kier alpha value is -3.21. The molecule has 1 amide bonds. The molecule has 5 heteroatoms. The lowest BCUT2D eigenvalue weighted by Gasteiger charge is -2.19. The summed E-state index contributed by atoms with van der Waals surface area (Å²) in [5, 5.41) is 5.03. The predicted molar refractivity (Wildman–Crippen MR) is 110 cm³/mol. The summed E-state index contributed by atoms with van der Waals surface area (Å²) in [5.74, 6) is 1.85. The van der Waals surface area contributed by atoms with Crippen LogP contribution >= 0.6 is 0 Å². The van der Waals surface area contributed by atoms with E-state index in [0.717, 1.165) is 16.3 Å². The van der Waals surface area contributed by atoms with Gasteiger partial charge in [-0.25, -0.2) is 0 Å². The number of carbonyl (C=O) groups excluding carboxylic acids is 1. The van der Waals surface area contributed by atoms with Crippen LogP contribution in [0.3, 0.4) is 0 Å². The molecule has 0 unspecified atom stereocenters. The maximum atomic E-state index is 12.7. The summed E-state index contributed by atoms with van der Waals surface area (Å²) in [6, 6.07) is 19.4. The number of amides is 1. The first kappa shape index (κ1) is 19.5. The number of hydrogen-bond donors (Lipinski definition) is 1. The van der Waals surface area contributed by atoms with Crippen LogP contribution in [0.2, 0.25) is 0 Å². The van der Waals surface area contributed by atoms with Gasteiger partial charge in [-0.15, -0.1) is 0 Å². The Morgan fingerprint density at radius 3 is 2.43 bits per heavy atom. The third-order valence-corrected chi connectivity index (χ3v) is 4.60. The molecule has 1 N–H and O–H groups in total. The monoisotopic (exact) mass is 379 g/mol. The van der Waals surface area contributed by atoms with E-state index >= 15 is 0 Å². The number of nitrogens with one attached hydrogen (secondary N) is 1. The first-order chi connectivity index (χ1) is 13.7. The van der Waals surface area contributed by atoms with Crippen molar-refractivity contribution in [3.05, 3.63) is 66.2 Å². The molecule has 0 spiro atoms. The van der Waals surface area contributed by atoms with E-state index in [-0.39, 0.29) is 5.91 Å². The third-order valence-electron chi connectivity index (χ3n) is 4.60. The van der Waals surface area contributed by atoms with Crippen molar-refractivity contribution in [3.8, 4) is 17.2 Å². The molecule has 0 saturated carbocycles. The van der Waals surface area contributed by atoms with Crippen molar-refractivity contribution in [2.24, 2.45) is 0 Å². The fourth-order valence-electron chi connectivity index (χ4n) is 3.07. The lowest BCUT2D eigenvalue weighted by Crippen LogP contribution is -2.37. The maximum Gasteiger partial charge on any atom is 0.261 e. The topological polar surface area (TPSA) is 56.8 Å². The Labute approximate surface area is 165 Å². The molecule has 3 rings (SSSR count). The Kier molecular flexibility index (Phi) is 6.37. The van der Waals surface area contributed by atoms with Gasteiger partial charge in [-0.3, -0.25) is 4.79 Å². The third kappa shape index (κ3) is 4.36. The van der Waals surface area contributed by atoms with E-state index in [0.29, 0.717) is 30.2 Å². The summed E-state index contributed by atoms with van der Waals surface area (Å²) in [6.45, 7) is 2.32. The Morgan fingerprint density at radius 1 is 0.929 bits per heavy atom. The molecular weight excluding hydrogens is 354 g/mol. The van der Waals surface area contributed by atoms with E-state index in [1.807, 2.05) is 67.6 Å². The molecule has 1 atom stereocenters. The van der Waals surface area contributed by atoms with Gasteiger partial charge in [0.25, 0.3) is 5.91 Å². The maximum absolute atomic E-state index is 12.7. The molecule has 0 fully saturated rings. The molecule has 0 aromatic heterocycles. The summed E-state index contributed by atoms with van der Waals surface area (Å²) >= 11 is 0. The normalized spacial score (nSPS) is 11.7. The van der Waals surface area contributed by atoms with E-state index in [4.69, 9.17) is 14.2 Å². The number of benzene rings is 3. The molecule has 0 radical (unpaired) electrons. The minimum absolute atomic E-state index is 0.148. The van der Waals surface area contributed by atoms with Gasteiger partial charge in [0.05, 0.1) is 14.2 Å². The summed E-state index contributed by atoms with van der Waals surface area (Å²) in [5.41, 5.74) is 0.922. The molecule has 0 heterocycles. The number of ether oxygens (including phenoxy) is 3. The zero-order valence-electron chi connectivity index (χ0n) is 16.4. The molecule has 0 aliphatic heterocycles. The van der Waals surface area contributed by atoms with Gasteiger partial charge in [-0.1, -0.05) is 49.4 Å². The Balaban J connectivity index is 1.68. The first-order valence-corrected chi connectivity index (χ1v) is 9.29. The molecule has 0 aliphatic rings. The number of carbonyl (C=O) groups is 1. The van der Waals surface area contributed by atoms with Gasteiger partial charge in [0.2, 0.25) is 0 Å². The fraction of sp³-hybridized carbons (Fsp3) is 0.261. The standard InChI is InChI=1S/C23H25NO4/c1-4-19(28-20-11-7-9-17-8-5-6-10-18(17)20)23(25)24-15-16-12-13-21(26-2)22(14-16)27-3/h5-14,19H,4,15H2,1-3H3,(H,24,25)/t19-/m0/s1. The molecule has 3 aromatic rings. The van der Waals surface area contributed by atoms with Crippen LogP contribution < -0.4 is 19.5 Å². The van der Waals surface area contributed by atoms with Gasteiger partial charge in [0, 0.05) is 11.9 Å².